The van der Waals surface area contributed by atoms with Crippen LogP contribution in [0.1, 0.15) is 56.6 Å². The second-order valence-corrected chi connectivity index (χ2v) is 11.9. The number of aliphatic hydroxyl groups is 1. The van der Waals surface area contributed by atoms with Crippen molar-refractivity contribution in [3.8, 4) is 0 Å². The van der Waals surface area contributed by atoms with Crippen molar-refractivity contribution in [1.82, 2.24) is 10.2 Å². The summed E-state index contributed by atoms with van der Waals surface area (Å²) in [6.07, 6.45) is 4.98. The van der Waals surface area contributed by atoms with Crippen molar-refractivity contribution in [2.75, 3.05) is 31.1 Å². The molecule has 3 fully saturated rings. The Morgan fingerprint density at radius 2 is 2.02 bits per heavy atom. The normalized spacial score (nSPS) is 26.1. The van der Waals surface area contributed by atoms with Crippen molar-refractivity contribution in [2.24, 2.45) is 11.8 Å². The van der Waals surface area contributed by atoms with Gasteiger partial charge in [0.25, 0.3) is 5.91 Å². The van der Waals surface area contributed by atoms with Crippen LogP contribution in [-0.4, -0.2) is 83.8 Å². The van der Waals surface area contributed by atoms with Gasteiger partial charge in [-0.15, -0.1) is 13.2 Å². The monoisotopic (exact) mass is 595 g/mol. The van der Waals surface area contributed by atoms with E-state index in [9.17, 15) is 24.3 Å². The number of carbonyl (C=O) groups excluding carboxylic acids is 4. The van der Waals surface area contributed by atoms with Crippen LogP contribution in [0.3, 0.4) is 0 Å². The summed E-state index contributed by atoms with van der Waals surface area (Å²) >= 11 is 0. The second-order valence-electron chi connectivity index (χ2n) is 11.9. The third kappa shape index (κ3) is 6.40. The zero-order chi connectivity index (χ0) is 31.3. The number of hydrogen-bond acceptors (Lipinski definition) is 7. The minimum absolute atomic E-state index is 0.0319. The highest BCUT2D eigenvalue weighted by Gasteiger charge is 2.75. The van der Waals surface area contributed by atoms with Gasteiger partial charge in [-0.1, -0.05) is 24.3 Å². The Kier molecular flexibility index (Phi) is 10.4. The number of anilines is 1. The third-order valence-corrected chi connectivity index (χ3v) is 8.83. The van der Waals surface area contributed by atoms with Gasteiger partial charge in [-0.05, 0) is 70.1 Å². The first-order valence-electron chi connectivity index (χ1n) is 15.3. The second kappa shape index (κ2) is 13.9. The summed E-state index contributed by atoms with van der Waals surface area (Å²) < 4.78 is 12.3. The van der Waals surface area contributed by atoms with Crippen molar-refractivity contribution in [1.29, 1.82) is 0 Å². The fourth-order valence-electron chi connectivity index (χ4n) is 6.83. The van der Waals surface area contributed by atoms with Crippen molar-refractivity contribution in [2.45, 2.75) is 83.1 Å². The number of benzene rings is 1. The lowest BCUT2D eigenvalue weighted by molar-refractivity contribution is -0.159. The number of fused-ring (bicyclic) bond motifs is 1. The summed E-state index contributed by atoms with van der Waals surface area (Å²) in [6, 6.07) is 4.95. The van der Waals surface area contributed by atoms with Gasteiger partial charge >= 0.3 is 5.97 Å². The molecule has 3 heterocycles. The summed E-state index contributed by atoms with van der Waals surface area (Å²) in [4.78, 5) is 57.6. The van der Waals surface area contributed by atoms with E-state index in [2.05, 4.69) is 18.5 Å². The molecule has 1 aromatic carbocycles. The Morgan fingerprint density at radius 3 is 2.72 bits per heavy atom. The highest BCUT2D eigenvalue weighted by atomic mass is 16.6. The fraction of sp³-hybridized carbons (Fsp3) is 0.576. The summed E-state index contributed by atoms with van der Waals surface area (Å²) in [5.74, 6) is -3.02. The van der Waals surface area contributed by atoms with Crippen LogP contribution in [0.25, 0.3) is 0 Å². The number of carbonyl (C=O) groups is 4. The van der Waals surface area contributed by atoms with E-state index in [4.69, 9.17) is 9.47 Å². The van der Waals surface area contributed by atoms with Crippen LogP contribution in [0, 0.1) is 25.7 Å². The summed E-state index contributed by atoms with van der Waals surface area (Å²) in [5.41, 5.74) is 1.48. The van der Waals surface area contributed by atoms with E-state index in [1.54, 1.807) is 28.9 Å². The van der Waals surface area contributed by atoms with Crippen molar-refractivity contribution >= 4 is 29.4 Å². The maximum atomic E-state index is 14.6. The number of nitrogens with zero attached hydrogens (tertiary/aromatic N) is 2. The Hall–Kier alpha value is -3.50. The average Bonchev–Trinajstić information content (AvgIpc) is 3.62. The molecule has 3 aliphatic rings. The standard InChI is InChI=1S/C33H45N3O7/c1-6-8-11-26(38)34-20-23(5)42-32(41)27-25-14-15-33(43-25)28(27)30(39)36(17-9-10-18-37)29(33)31(40)35(16-7-2)24-19-21(3)12-13-22(24)4/h6-7,12-13,19,23,25,27-29,37H,1-2,8-11,14-18,20H2,3-5H3,(H,34,38)/t23-,25-,27+,28+,29-,33+/m1/s1. The zero-order valence-electron chi connectivity index (χ0n) is 25.5. The van der Waals surface area contributed by atoms with Crippen LogP contribution in [0.15, 0.2) is 43.5 Å². The molecule has 3 amide bonds. The van der Waals surface area contributed by atoms with Crippen LogP contribution >= 0.6 is 0 Å². The van der Waals surface area contributed by atoms with Gasteiger partial charge in [0, 0.05) is 31.8 Å². The lowest BCUT2D eigenvalue weighted by Gasteiger charge is -2.37. The van der Waals surface area contributed by atoms with E-state index in [1.165, 1.54) is 0 Å². The number of amides is 3. The summed E-state index contributed by atoms with van der Waals surface area (Å²) in [6.45, 7) is 13.7. The lowest BCUT2D eigenvalue weighted by Crippen LogP contribution is -2.56. The molecule has 3 saturated heterocycles. The summed E-state index contributed by atoms with van der Waals surface area (Å²) in [5, 5.41) is 12.2. The fourth-order valence-corrected chi connectivity index (χ4v) is 6.83. The highest BCUT2D eigenvalue weighted by Crippen LogP contribution is 2.59. The third-order valence-electron chi connectivity index (χ3n) is 8.83. The molecule has 1 spiro atoms. The summed E-state index contributed by atoms with van der Waals surface area (Å²) in [7, 11) is 0. The van der Waals surface area contributed by atoms with Crippen LogP contribution in [0.4, 0.5) is 5.69 Å². The predicted octanol–water partition coefficient (Wildman–Crippen LogP) is 2.98. The van der Waals surface area contributed by atoms with E-state index < -0.39 is 41.7 Å². The van der Waals surface area contributed by atoms with Gasteiger partial charge in [0.15, 0.2) is 0 Å². The first-order chi connectivity index (χ1) is 20.6. The molecule has 0 saturated carbocycles. The van der Waals surface area contributed by atoms with E-state index in [-0.39, 0.29) is 44.0 Å². The van der Waals surface area contributed by atoms with Gasteiger partial charge in [0.05, 0.1) is 24.5 Å². The number of aliphatic hydroxyl groups excluding tert-OH is 1. The van der Waals surface area contributed by atoms with Gasteiger partial charge in [-0.25, -0.2) is 0 Å². The maximum absolute atomic E-state index is 14.6. The number of unbranched alkanes of at least 4 members (excludes halogenated alkanes) is 1. The number of nitrogens with one attached hydrogen (secondary N) is 1. The molecule has 6 atom stereocenters. The SMILES string of the molecule is C=CCCC(=O)NC[C@@H](C)OC(=O)[C@@H]1[C@H]2C(=O)N(CCCCO)[C@H](C(=O)N(CC=C)c3cc(C)ccc3C)[C@]23CC[C@H]1O3. The number of ether oxygens (including phenoxy) is 2. The molecule has 234 valence electrons. The van der Waals surface area contributed by atoms with E-state index in [1.807, 2.05) is 32.0 Å². The van der Waals surface area contributed by atoms with E-state index >= 15 is 0 Å². The average molecular weight is 596 g/mol. The molecule has 2 bridgehead atoms. The smallest absolute Gasteiger partial charge is 0.312 e. The van der Waals surface area contributed by atoms with E-state index in [0.29, 0.717) is 38.5 Å². The van der Waals surface area contributed by atoms with Gasteiger partial charge in [-0.2, -0.15) is 0 Å². The van der Waals surface area contributed by atoms with Crippen LogP contribution in [0.5, 0.6) is 0 Å². The van der Waals surface area contributed by atoms with Crippen LogP contribution in [-0.2, 0) is 28.7 Å². The largest absolute Gasteiger partial charge is 0.460 e. The minimum atomic E-state index is -1.17. The quantitative estimate of drug-likeness (QED) is 0.181. The lowest BCUT2D eigenvalue weighted by atomic mass is 9.70. The Balaban J connectivity index is 1.62. The number of esters is 1. The number of aryl methyl sites for hydroxylation is 2. The molecule has 43 heavy (non-hydrogen) atoms. The van der Waals surface area contributed by atoms with Gasteiger partial charge in [0.1, 0.15) is 17.7 Å². The molecule has 2 N–H and O–H groups in total. The van der Waals surface area contributed by atoms with Crippen LogP contribution < -0.4 is 10.2 Å². The Labute approximate surface area is 254 Å². The first-order valence-corrected chi connectivity index (χ1v) is 15.3. The Morgan fingerprint density at radius 1 is 1.26 bits per heavy atom. The molecule has 10 nitrogen and oxygen atoms in total. The van der Waals surface area contributed by atoms with Gasteiger partial charge < -0.3 is 29.7 Å². The predicted molar refractivity (Wildman–Crippen MR) is 162 cm³/mol. The van der Waals surface area contributed by atoms with Crippen LogP contribution in [0.2, 0.25) is 0 Å². The molecule has 1 aromatic rings. The molecular formula is C33H45N3O7. The van der Waals surface area contributed by atoms with Gasteiger partial charge in [-0.3, -0.25) is 19.2 Å². The van der Waals surface area contributed by atoms with Crippen molar-refractivity contribution in [3.05, 3.63) is 54.6 Å². The molecular weight excluding hydrogens is 550 g/mol. The molecule has 3 aliphatic heterocycles. The first kappa shape index (κ1) is 32.4. The molecule has 4 rings (SSSR count). The zero-order valence-corrected chi connectivity index (χ0v) is 25.5. The maximum Gasteiger partial charge on any atom is 0.312 e. The number of hydrogen-bond donors (Lipinski definition) is 2. The number of rotatable bonds is 15. The molecule has 10 heteroatoms. The van der Waals surface area contributed by atoms with Crippen molar-refractivity contribution in [3.63, 3.8) is 0 Å². The van der Waals surface area contributed by atoms with E-state index in [0.717, 1.165) is 16.8 Å². The van der Waals surface area contributed by atoms with Gasteiger partial charge in [0.2, 0.25) is 11.8 Å². The molecule has 0 aromatic heterocycles. The topological polar surface area (TPSA) is 125 Å². The number of likely N-dealkylation sites (tertiary alicyclic amines) is 1. The molecule has 0 aliphatic carbocycles. The Bertz CT molecular complexity index is 1250. The molecule has 0 unspecified atom stereocenters. The number of allylic oxidation sites excluding steroid dienone is 1. The highest BCUT2D eigenvalue weighted by molar-refractivity contribution is 6.05. The molecule has 0 radical (unpaired) electrons. The van der Waals surface area contributed by atoms with Crippen molar-refractivity contribution < 1.29 is 33.8 Å². The minimum Gasteiger partial charge on any atom is -0.460 e.